The van der Waals surface area contributed by atoms with E-state index in [9.17, 15) is 0 Å². The maximum absolute atomic E-state index is 6.20. The predicted octanol–water partition coefficient (Wildman–Crippen LogP) is 7.49. The highest BCUT2D eigenvalue weighted by Crippen LogP contribution is 2.38. The molecule has 5 rings (SSSR count). The number of nitrogens with zero attached hydrogens (tertiary/aromatic N) is 2. The first kappa shape index (κ1) is 23.8. The van der Waals surface area contributed by atoms with Crippen LogP contribution in [-0.4, -0.2) is 27.7 Å². The summed E-state index contributed by atoms with van der Waals surface area (Å²) in [5.74, 6) is 2.12. The van der Waals surface area contributed by atoms with E-state index in [4.69, 9.17) is 14.3 Å². The van der Waals surface area contributed by atoms with E-state index in [0.29, 0.717) is 0 Å². The highest BCUT2D eigenvalue weighted by molar-refractivity contribution is 6.51. The maximum Gasteiger partial charge on any atom is 0.487 e. The van der Waals surface area contributed by atoms with Gasteiger partial charge in [0, 0.05) is 10.8 Å². The van der Waals surface area contributed by atoms with Gasteiger partial charge in [-0.1, -0.05) is 47.5 Å². The zero-order valence-corrected chi connectivity index (χ0v) is 22.2. The van der Waals surface area contributed by atoms with Gasteiger partial charge in [-0.15, -0.1) is 0 Å². The van der Waals surface area contributed by atoms with Crippen molar-refractivity contribution in [3.05, 3.63) is 76.5 Å². The van der Waals surface area contributed by atoms with Crippen molar-refractivity contribution in [2.75, 3.05) is 0 Å². The minimum atomic E-state index is -0.330. The zero-order chi connectivity index (χ0) is 25.1. The lowest BCUT2D eigenvalue weighted by Crippen LogP contribution is -2.41. The summed E-state index contributed by atoms with van der Waals surface area (Å²) >= 11 is 0. The number of hydrogen-bond acceptors (Lipinski definition) is 3. The molecule has 0 saturated carbocycles. The van der Waals surface area contributed by atoms with Crippen molar-refractivity contribution < 1.29 is 9.31 Å². The van der Waals surface area contributed by atoms with Crippen LogP contribution in [0.1, 0.15) is 65.3 Å². The number of imidazole rings is 1. The van der Waals surface area contributed by atoms with Crippen molar-refractivity contribution in [2.24, 2.45) is 0 Å². The summed E-state index contributed by atoms with van der Waals surface area (Å²) in [5, 5.41) is 3.71. The second-order valence-corrected chi connectivity index (χ2v) is 11.2. The summed E-state index contributed by atoms with van der Waals surface area (Å²) in [6.45, 7) is 17.0. The molecule has 0 N–H and O–H groups in total. The fourth-order valence-electron chi connectivity index (χ4n) is 5.14. The van der Waals surface area contributed by atoms with Crippen LogP contribution in [0, 0.1) is 6.92 Å². The third-order valence-corrected chi connectivity index (χ3v) is 7.45. The molecule has 3 heterocycles. The Balaban J connectivity index is 1.64. The molecule has 0 amide bonds. The Kier molecular flexibility index (Phi) is 5.69. The van der Waals surface area contributed by atoms with Crippen LogP contribution in [0.2, 0.25) is 0 Å². The van der Waals surface area contributed by atoms with E-state index in [-0.39, 0.29) is 18.3 Å². The Morgan fingerprint density at radius 1 is 1.00 bits per heavy atom. The van der Waals surface area contributed by atoms with Gasteiger partial charge in [-0.05, 0) is 90.5 Å². The van der Waals surface area contributed by atoms with Gasteiger partial charge >= 0.3 is 7.12 Å². The normalized spacial score (nSPS) is 17.6. The number of benzene rings is 2. The van der Waals surface area contributed by atoms with Gasteiger partial charge in [0.2, 0.25) is 0 Å². The standard InChI is InChI=1S/C30H35BN2O2/c1-19(2)13-23-18-32-28-25-12-10-9-11-24(25)27-21(4)15-22(16-26(27)33(23)28)14-20(3)17-31-34-29(5,6)30(7,8)35-31/h9-13,15-18H,14H2,1-8H3/b20-17+. The topological polar surface area (TPSA) is 35.8 Å². The SMILES string of the molecule is CC(C)=Cc1cnc2c3ccccc3c3c(C)cc(C/C(C)=C/B4OC(C)(C)C(C)(C)O4)cc3n12. The highest BCUT2D eigenvalue weighted by Gasteiger charge is 2.50. The van der Waals surface area contributed by atoms with Gasteiger partial charge in [0.05, 0.1) is 28.6 Å². The van der Waals surface area contributed by atoms with Crippen LogP contribution >= 0.6 is 0 Å². The van der Waals surface area contributed by atoms with Gasteiger partial charge in [-0.2, -0.15) is 0 Å². The first-order valence-corrected chi connectivity index (χ1v) is 12.5. The number of aromatic nitrogens is 2. The molecule has 0 bridgehead atoms. The van der Waals surface area contributed by atoms with E-state index in [1.807, 2.05) is 6.20 Å². The van der Waals surface area contributed by atoms with Gasteiger partial charge in [0.25, 0.3) is 0 Å². The van der Waals surface area contributed by atoms with Gasteiger partial charge < -0.3 is 9.31 Å². The Morgan fingerprint density at radius 2 is 1.66 bits per heavy atom. The lowest BCUT2D eigenvalue weighted by atomic mass is 9.85. The molecule has 1 aliphatic rings. The zero-order valence-electron chi connectivity index (χ0n) is 22.2. The molecule has 0 spiro atoms. The van der Waals surface area contributed by atoms with Crippen molar-refractivity contribution in [1.29, 1.82) is 0 Å². The average molecular weight is 466 g/mol. The number of fused-ring (bicyclic) bond motifs is 6. The van der Waals surface area contributed by atoms with Crippen molar-refractivity contribution in [3.63, 3.8) is 0 Å². The summed E-state index contributed by atoms with van der Waals surface area (Å²) in [4.78, 5) is 4.84. The molecule has 5 heteroatoms. The monoisotopic (exact) mass is 466 g/mol. The summed E-state index contributed by atoms with van der Waals surface area (Å²) in [7, 11) is -0.324. The number of rotatable bonds is 4. The average Bonchev–Trinajstić information content (AvgIpc) is 3.24. The molecule has 4 nitrogen and oxygen atoms in total. The van der Waals surface area contributed by atoms with E-state index in [0.717, 1.165) is 17.8 Å². The quantitative estimate of drug-likeness (QED) is 0.231. The Morgan fingerprint density at radius 3 is 2.31 bits per heavy atom. The third-order valence-electron chi connectivity index (χ3n) is 7.45. The van der Waals surface area contributed by atoms with E-state index in [1.54, 1.807) is 0 Å². The Hall–Kier alpha value is -2.89. The predicted molar refractivity (Wildman–Crippen MR) is 148 cm³/mol. The molecule has 2 aromatic carbocycles. The van der Waals surface area contributed by atoms with Crippen LogP contribution < -0.4 is 0 Å². The van der Waals surface area contributed by atoms with Crippen molar-refractivity contribution in [3.8, 4) is 0 Å². The van der Waals surface area contributed by atoms with Crippen LogP contribution in [0.25, 0.3) is 33.4 Å². The molecule has 4 aromatic rings. The highest BCUT2D eigenvalue weighted by atomic mass is 16.7. The summed E-state index contributed by atoms with van der Waals surface area (Å²) < 4.78 is 14.7. The first-order valence-electron chi connectivity index (χ1n) is 12.5. The molecule has 0 unspecified atom stereocenters. The molecular weight excluding hydrogens is 431 g/mol. The maximum atomic E-state index is 6.20. The van der Waals surface area contributed by atoms with Crippen molar-refractivity contribution in [1.82, 2.24) is 9.38 Å². The van der Waals surface area contributed by atoms with Crippen molar-refractivity contribution in [2.45, 2.75) is 73.0 Å². The molecule has 35 heavy (non-hydrogen) atoms. The Bertz CT molecular complexity index is 1500. The molecule has 2 aromatic heterocycles. The van der Waals surface area contributed by atoms with Crippen LogP contribution in [0.4, 0.5) is 0 Å². The lowest BCUT2D eigenvalue weighted by molar-refractivity contribution is 0.00578. The third kappa shape index (κ3) is 4.11. The second kappa shape index (κ2) is 8.36. The van der Waals surface area contributed by atoms with E-state index in [2.05, 4.69) is 108 Å². The van der Waals surface area contributed by atoms with Crippen LogP contribution in [0.5, 0.6) is 0 Å². The summed E-state index contributed by atoms with van der Waals surface area (Å²) in [5.41, 5.74) is 7.68. The van der Waals surface area contributed by atoms with E-state index < -0.39 is 0 Å². The van der Waals surface area contributed by atoms with Crippen LogP contribution in [0.15, 0.2) is 59.7 Å². The van der Waals surface area contributed by atoms with Crippen LogP contribution in [0.3, 0.4) is 0 Å². The molecule has 0 atom stereocenters. The number of pyridine rings is 1. The van der Waals surface area contributed by atoms with Crippen molar-refractivity contribution >= 4 is 40.5 Å². The minimum Gasteiger partial charge on any atom is -0.400 e. The molecule has 0 aliphatic carbocycles. The smallest absolute Gasteiger partial charge is 0.400 e. The fraction of sp³-hybridized carbons (Fsp3) is 0.367. The summed E-state index contributed by atoms with van der Waals surface area (Å²) in [6, 6.07) is 13.2. The van der Waals surface area contributed by atoms with E-state index in [1.165, 1.54) is 43.9 Å². The van der Waals surface area contributed by atoms with E-state index >= 15 is 0 Å². The van der Waals surface area contributed by atoms with Crippen LogP contribution in [-0.2, 0) is 15.7 Å². The number of allylic oxidation sites excluding steroid dienone is 2. The molecule has 1 aliphatic heterocycles. The minimum absolute atomic E-state index is 0.324. The Labute approximate surface area is 208 Å². The van der Waals surface area contributed by atoms with Gasteiger partial charge in [0.1, 0.15) is 5.65 Å². The second-order valence-electron chi connectivity index (χ2n) is 11.2. The molecular formula is C30H35BN2O2. The molecule has 0 radical (unpaired) electrons. The first-order chi connectivity index (χ1) is 16.5. The molecule has 180 valence electrons. The largest absolute Gasteiger partial charge is 0.487 e. The van der Waals surface area contributed by atoms with Gasteiger partial charge in [-0.25, -0.2) is 4.98 Å². The van der Waals surface area contributed by atoms with Gasteiger partial charge in [0.15, 0.2) is 0 Å². The fourth-order valence-corrected chi connectivity index (χ4v) is 5.14. The molecule has 1 saturated heterocycles. The van der Waals surface area contributed by atoms with Gasteiger partial charge in [-0.3, -0.25) is 4.40 Å². The number of hydrogen-bond donors (Lipinski definition) is 0. The summed E-state index contributed by atoms with van der Waals surface area (Å²) in [6.07, 6.45) is 5.03. The number of aryl methyl sites for hydroxylation is 1. The lowest BCUT2D eigenvalue weighted by Gasteiger charge is -2.32. The molecule has 1 fully saturated rings.